The summed E-state index contributed by atoms with van der Waals surface area (Å²) in [7, 11) is 3.93. The van der Waals surface area contributed by atoms with Crippen molar-refractivity contribution in [2.75, 3.05) is 11.9 Å². The zero-order chi connectivity index (χ0) is 7.84. The lowest BCUT2D eigenvalue weighted by Crippen LogP contribution is -2.20. The molecule has 0 unspecified atom stereocenters. The molecular formula is C7H12N4. The Bertz CT molecular complexity index is 251. The molecule has 1 aliphatic rings. The summed E-state index contributed by atoms with van der Waals surface area (Å²) in [6.45, 7) is 0. The monoisotopic (exact) mass is 152 g/mol. The van der Waals surface area contributed by atoms with Crippen LogP contribution in [0.4, 0.5) is 5.95 Å². The summed E-state index contributed by atoms with van der Waals surface area (Å²) in [5.74, 6) is 0.843. The van der Waals surface area contributed by atoms with Crippen LogP contribution in [0.15, 0.2) is 6.33 Å². The second kappa shape index (κ2) is 2.22. The molecule has 4 heteroatoms. The highest BCUT2D eigenvalue weighted by molar-refractivity contribution is 5.30. The maximum absolute atomic E-state index is 4.20. The molecule has 0 aromatic carbocycles. The predicted octanol–water partition coefficient (Wildman–Crippen LogP) is 0.414. The van der Waals surface area contributed by atoms with E-state index in [4.69, 9.17) is 0 Å². The average Bonchev–Trinajstić information content (AvgIpc) is 2.74. The van der Waals surface area contributed by atoms with Gasteiger partial charge in [0, 0.05) is 20.1 Å². The van der Waals surface area contributed by atoms with Crippen molar-refractivity contribution in [3.8, 4) is 0 Å². The molecule has 0 N–H and O–H groups in total. The minimum Gasteiger partial charge on any atom is -0.340 e. The van der Waals surface area contributed by atoms with Crippen molar-refractivity contribution >= 4 is 5.95 Å². The molecule has 0 saturated heterocycles. The van der Waals surface area contributed by atoms with Gasteiger partial charge >= 0.3 is 0 Å². The Kier molecular flexibility index (Phi) is 1.34. The zero-order valence-corrected chi connectivity index (χ0v) is 6.86. The third-order valence-corrected chi connectivity index (χ3v) is 2.00. The van der Waals surface area contributed by atoms with Gasteiger partial charge in [-0.05, 0) is 12.8 Å². The first-order valence-corrected chi connectivity index (χ1v) is 3.86. The van der Waals surface area contributed by atoms with E-state index in [-0.39, 0.29) is 0 Å². The zero-order valence-electron chi connectivity index (χ0n) is 6.86. The Labute approximate surface area is 65.8 Å². The van der Waals surface area contributed by atoms with Gasteiger partial charge in [0.1, 0.15) is 6.33 Å². The molecule has 1 aliphatic carbocycles. The molecule has 4 nitrogen and oxygen atoms in total. The average molecular weight is 152 g/mol. The van der Waals surface area contributed by atoms with Crippen molar-refractivity contribution in [3.05, 3.63) is 6.33 Å². The lowest BCUT2D eigenvalue weighted by atomic mass is 10.6. The highest BCUT2D eigenvalue weighted by Gasteiger charge is 2.28. The number of rotatable bonds is 2. The number of hydrogen-bond acceptors (Lipinski definition) is 3. The minimum absolute atomic E-state index is 0.692. The van der Waals surface area contributed by atoms with E-state index >= 15 is 0 Å². The summed E-state index contributed by atoms with van der Waals surface area (Å²) in [6.07, 6.45) is 4.30. The number of anilines is 1. The van der Waals surface area contributed by atoms with E-state index < -0.39 is 0 Å². The fraction of sp³-hybridized carbons (Fsp3) is 0.714. The molecule has 11 heavy (non-hydrogen) atoms. The maximum atomic E-state index is 4.20. The van der Waals surface area contributed by atoms with Crippen LogP contribution in [-0.4, -0.2) is 27.9 Å². The minimum atomic E-state index is 0.692. The molecule has 1 fully saturated rings. The fourth-order valence-corrected chi connectivity index (χ4v) is 1.11. The molecule has 1 saturated carbocycles. The first-order chi connectivity index (χ1) is 5.27. The quantitative estimate of drug-likeness (QED) is 0.615. The van der Waals surface area contributed by atoms with Crippen LogP contribution in [0.2, 0.25) is 0 Å². The Morgan fingerprint density at radius 2 is 2.36 bits per heavy atom. The van der Waals surface area contributed by atoms with Crippen molar-refractivity contribution < 1.29 is 0 Å². The molecule has 1 heterocycles. The largest absolute Gasteiger partial charge is 0.340 e. The van der Waals surface area contributed by atoms with E-state index in [1.54, 1.807) is 11.0 Å². The molecule has 0 aliphatic heterocycles. The van der Waals surface area contributed by atoms with Gasteiger partial charge in [-0.2, -0.15) is 0 Å². The molecule has 1 aromatic rings. The first-order valence-electron chi connectivity index (χ1n) is 3.86. The van der Waals surface area contributed by atoms with Crippen molar-refractivity contribution in [2.45, 2.75) is 18.9 Å². The van der Waals surface area contributed by atoms with Crippen LogP contribution < -0.4 is 4.90 Å². The molecule has 1 aromatic heterocycles. The third-order valence-electron chi connectivity index (χ3n) is 2.00. The van der Waals surface area contributed by atoms with Gasteiger partial charge in [-0.25, -0.2) is 4.98 Å². The van der Waals surface area contributed by atoms with Crippen molar-refractivity contribution in [3.63, 3.8) is 0 Å². The van der Waals surface area contributed by atoms with E-state index in [1.807, 2.05) is 14.1 Å². The van der Waals surface area contributed by atoms with E-state index in [2.05, 4.69) is 15.0 Å². The fourth-order valence-electron chi connectivity index (χ4n) is 1.11. The van der Waals surface area contributed by atoms with Gasteiger partial charge in [0.15, 0.2) is 0 Å². The predicted molar refractivity (Wildman–Crippen MR) is 42.4 cm³/mol. The number of aryl methyl sites for hydroxylation is 1. The van der Waals surface area contributed by atoms with Crippen LogP contribution in [0.5, 0.6) is 0 Å². The van der Waals surface area contributed by atoms with Crippen LogP contribution in [0.25, 0.3) is 0 Å². The molecule has 60 valence electrons. The topological polar surface area (TPSA) is 34.0 Å². The molecule has 0 atom stereocenters. The highest BCUT2D eigenvalue weighted by Crippen LogP contribution is 2.27. The van der Waals surface area contributed by atoms with Crippen LogP contribution in [0, 0.1) is 0 Å². The summed E-state index contributed by atoms with van der Waals surface area (Å²) in [4.78, 5) is 6.29. The smallest absolute Gasteiger partial charge is 0.244 e. The molecule has 0 amide bonds. The van der Waals surface area contributed by atoms with E-state index in [9.17, 15) is 0 Å². The summed E-state index contributed by atoms with van der Waals surface area (Å²) >= 11 is 0. The van der Waals surface area contributed by atoms with Gasteiger partial charge in [0.2, 0.25) is 5.95 Å². The normalized spacial score (nSPS) is 16.9. The number of aromatic nitrogens is 3. The van der Waals surface area contributed by atoms with Crippen molar-refractivity contribution in [1.29, 1.82) is 0 Å². The van der Waals surface area contributed by atoms with E-state index in [0.29, 0.717) is 6.04 Å². The Morgan fingerprint density at radius 1 is 1.64 bits per heavy atom. The molecule has 0 radical (unpaired) electrons. The molecule has 2 rings (SSSR count). The summed E-state index contributed by atoms with van der Waals surface area (Å²) < 4.78 is 1.73. The second-order valence-corrected chi connectivity index (χ2v) is 3.06. The Morgan fingerprint density at radius 3 is 2.82 bits per heavy atom. The van der Waals surface area contributed by atoms with Crippen molar-refractivity contribution in [2.24, 2.45) is 7.05 Å². The van der Waals surface area contributed by atoms with Gasteiger partial charge in [-0.3, -0.25) is 4.68 Å². The van der Waals surface area contributed by atoms with Gasteiger partial charge in [-0.15, -0.1) is 5.10 Å². The van der Waals surface area contributed by atoms with Crippen LogP contribution in [-0.2, 0) is 7.05 Å². The number of hydrogen-bond donors (Lipinski definition) is 0. The Hall–Kier alpha value is -1.06. The SMILES string of the molecule is CN(c1ncn(C)n1)C1CC1. The van der Waals surface area contributed by atoms with Gasteiger partial charge in [0.05, 0.1) is 0 Å². The van der Waals surface area contributed by atoms with E-state index in [1.165, 1.54) is 12.8 Å². The molecular weight excluding hydrogens is 140 g/mol. The molecule has 0 bridgehead atoms. The molecule has 0 spiro atoms. The summed E-state index contributed by atoms with van der Waals surface area (Å²) in [5.41, 5.74) is 0. The van der Waals surface area contributed by atoms with Crippen LogP contribution >= 0.6 is 0 Å². The summed E-state index contributed by atoms with van der Waals surface area (Å²) in [5, 5.41) is 4.20. The van der Waals surface area contributed by atoms with E-state index in [0.717, 1.165) is 5.95 Å². The lowest BCUT2D eigenvalue weighted by Gasteiger charge is -2.12. The Balaban J connectivity index is 2.14. The summed E-state index contributed by atoms with van der Waals surface area (Å²) in [6, 6.07) is 0.692. The number of nitrogens with zero attached hydrogens (tertiary/aromatic N) is 4. The highest BCUT2D eigenvalue weighted by atomic mass is 15.4. The van der Waals surface area contributed by atoms with Gasteiger partial charge in [-0.1, -0.05) is 0 Å². The van der Waals surface area contributed by atoms with Gasteiger partial charge < -0.3 is 4.90 Å². The maximum Gasteiger partial charge on any atom is 0.244 e. The van der Waals surface area contributed by atoms with Gasteiger partial charge in [0.25, 0.3) is 0 Å². The van der Waals surface area contributed by atoms with Crippen molar-refractivity contribution in [1.82, 2.24) is 14.8 Å². The lowest BCUT2D eigenvalue weighted by molar-refractivity contribution is 0.751. The first kappa shape index (κ1) is 6.64. The van der Waals surface area contributed by atoms with Crippen LogP contribution in [0.3, 0.4) is 0 Å². The standard InChI is InChI=1S/C7H12N4/c1-10-5-8-7(9-10)11(2)6-3-4-6/h5-6H,3-4H2,1-2H3. The second-order valence-electron chi connectivity index (χ2n) is 3.06. The van der Waals surface area contributed by atoms with Crippen LogP contribution in [0.1, 0.15) is 12.8 Å². The third kappa shape index (κ3) is 1.20.